The highest BCUT2D eigenvalue weighted by atomic mass is 35.5. The molecule has 86 valence electrons. The lowest BCUT2D eigenvalue weighted by molar-refractivity contribution is 0.145. The van der Waals surface area contributed by atoms with Gasteiger partial charge in [-0.2, -0.15) is 0 Å². The van der Waals surface area contributed by atoms with Crippen LogP contribution in [0.5, 0.6) is 0 Å². The minimum atomic E-state index is 0.326. The molecule has 2 bridgehead atoms. The number of aromatic nitrogens is 2. The zero-order valence-electron chi connectivity index (χ0n) is 9.06. The minimum absolute atomic E-state index is 0.326. The topological polar surface area (TPSA) is 41.1 Å². The molecule has 2 atom stereocenters. The molecule has 1 aromatic rings. The van der Waals surface area contributed by atoms with Gasteiger partial charge in [0.05, 0.1) is 0 Å². The molecule has 0 spiro atoms. The van der Waals surface area contributed by atoms with Gasteiger partial charge in [-0.15, -0.1) is 0 Å². The van der Waals surface area contributed by atoms with Gasteiger partial charge in [-0.05, 0) is 24.4 Å². The van der Waals surface area contributed by atoms with E-state index in [9.17, 15) is 0 Å². The second-order valence-electron chi connectivity index (χ2n) is 4.58. The van der Waals surface area contributed by atoms with Gasteiger partial charge in [0.1, 0.15) is 0 Å². The van der Waals surface area contributed by atoms with E-state index in [4.69, 9.17) is 11.6 Å². The normalized spacial score (nSPS) is 29.6. The lowest BCUT2D eigenvalue weighted by Gasteiger charge is -2.35. The van der Waals surface area contributed by atoms with Crippen LogP contribution in [-0.2, 0) is 6.54 Å². The smallest absolute Gasteiger partial charge is 0.222 e. The van der Waals surface area contributed by atoms with Crippen molar-refractivity contribution in [3.8, 4) is 0 Å². The Balaban J connectivity index is 1.72. The first-order valence-corrected chi connectivity index (χ1v) is 6.13. The summed E-state index contributed by atoms with van der Waals surface area (Å²) in [6.45, 7) is 3.18. The predicted molar refractivity (Wildman–Crippen MR) is 62.3 cm³/mol. The van der Waals surface area contributed by atoms with Gasteiger partial charge in [0, 0.05) is 49.7 Å². The van der Waals surface area contributed by atoms with E-state index in [1.165, 1.54) is 12.8 Å². The van der Waals surface area contributed by atoms with Crippen LogP contribution < -0.4 is 5.32 Å². The van der Waals surface area contributed by atoms with Gasteiger partial charge in [0.2, 0.25) is 5.28 Å². The fraction of sp³-hybridized carbons (Fsp3) is 0.636. The summed E-state index contributed by atoms with van der Waals surface area (Å²) in [7, 11) is 0. The molecule has 2 fully saturated rings. The molecule has 0 aliphatic carbocycles. The second-order valence-corrected chi connectivity index (χ2v) is 4.91. The first-order chi connectivity index (χ1) is 7.83. The Labute approximate surface area is 100 Å². The molecule has 0 amide bonds. The largest absolute Gasteiger partial charge is 0.314 e. The SMILES string of the molecule is Clc1ncc(CN2C3CCC2CNC3)cn1. The molecule has 0 aromatic carbocycles. The first-order valence-electron chi connectivity index (χ1n) is 5.76. The van der Waals surface area contributed by atoms with Gasteiger partial charge < -0.3 is 5.32 Å². The fourth-order valence-corrected chi connectivity index (χ4v) is 2.86. The van der Waals surface area contributed by atoms with E-state index < -0.39 is 0 Å². The standard InChI is InChI=1S/C11H15ClN4/c12-11-14-3-8(4-15-11)7-16-9-1-2-10(16)6-13-5-9/h3-4,9-10,13H,1-2,5-7H2. The minimum Gasteiger partial charge on any atom is -0.314 e. The van der Waals surface area contributed by atoms with Crippen LogP contribution in [0, 0.1) is 0 Å². The van der Waals surface area contributed by atoms with Crippen LogP contribution in [0.4, 0.5) is 0 Å². The lowest BCUT2D eigenvalue weighted by Crippen LogP contribution is -2.51. The average molecular weight is 239 g/mol. The van der Waals surface area contributed by atoms with Gasteiger partial charge in [0.15, 0.2) is 0 Å². The Bertz CT molecular complexity index is 351. The van der Waals surface area contributed by atoms with E-state index >= 15 is 0 Å². The van der Waals surface area contributed by atoms with Gasteiger partial charge in [0.25, 0.3) is 0 Å². The van der Waals surface area contributed by atoms with E-state index in [0.29, 0.717) is 17.4 Å². The van der Waals surface area contributed by atoms with Crippen molar-refractivity contribution >= 4 is 11.6 Å². The van der Waals surface area contributed by atoms with E-state index in [1.54, 1.807) is 0 Å². The summed E-state index contributed by atoms with van der Waals surface area (Å²) in [5.41, 5.74) is 1.16. The second kappa shape index (κ2) is 4.28. The van der Waals surface area contributed by atoms with Crippen LogP contribution in [0.25, 0.3) is 0 Å². The van der Waals surface area contributed by atoms with Crippen molar-refractivity contribution in [2.45, 2.75) is 31.5 Å². The molecule has 5 heteroatoms. The van der Waals surface area contributed by atoms with Crippen LogP contribution in [0.3, 0.4) is 0 Å². The number of hydrogen-bond acceptors (Lipinski definition) is 4. The summed E-state index contributed by atoms with van der Waals surface area (Å²) >= 11 is 5.68. The zero-order valence-corrected chi connectivity index (χ0v) is 9.82. The summed E-state index contributed by atoms with van der Waals surface area (Å²) in [5.74, 6) is 0. The molecule has 4 nitrogen and oxygen atoms in total. The Hall–Kier alpha value is -0.710. The van der Waals surface area contributed by atoms with Crippen molar-refractivity contribution in [1.82, 2.24) is 20.2 Å². The van der Waals surface area contributed by atoms with E-state index in [-0.39, 0.29) is 0 Å². The Kier molecular flexibility index (Phi) is 2.79. The van der Waals surface area contributed by atoms with Crippen LogP contribution in [0.1, 0.15) is 18.4 Å². The maximum atomic E-state index is 5.68. The first kappa shape index (κ1) is 10.4. The average Bonchev–Trinajstić information content (AvgIpc) is 2.52. The number of halogens is 1. The third kappa shape index (κ3) is 1.93. The molecule has 3 heterocycles. The summed E-state index contributed by atoms with van der Waals surface area (Å²) in [4.78, 5) is 10.6. The van der Waals surface area contributed by atoms with Gasteiger partial charge in [-0.25, -0.2) is 9.97 Å². The molecule has 1 aromatic heterocycles. The highest BCUT2D eigenvalue weighted by molar-refractivity contribution is 6.28. The summed E-state index contributed by atoms with van der Waals surface area (Å²) in [6.07, 6.45) is 6.28. The van der Waals surface area contributed by atoms with E-state index in [2.05, 4.69) is 20.2 Å². The Morgan fingerprint density at radius 3 is 2.50 bits per heavy atom. The summed E-state index contributed by atoms with van der Waals surface area (Å²) in [5, 5.41) is 3.80. The van der Waals surface area contributed by atoms with E-state index in [1.807, 2.05) is 12.4 Å². The van der Waals surface area contributed by atoms with Crippen LogP contribution in [-0.4, -0.2) is 40.0 Å². The van der Waals surface area contributed by atoms with Gasteiger partial charge in [-0.3, -0.25) is 4.90 Å². The van der Waals surface area contributed by atoms with Crippen LogP contribution in [0.15, 0.2) is 12.4 Å². The number of nitrogens with one attached hydrogen (secondary N) is 1. The molecule has 2 aliphatic heterocycles. The number of hydrogen-bond donors (Lipinski definition) is 1. The maximum Gasteiger partial charge on any atom is 0.222 e. The van der Waals surface area contributed by atoms with Crippen molar-refractivity contribution in [1.29, 1.82) is 0 Å². The van der Waals surface area contributed by atoms with Crippen molar-refractivity contribution in [3.05, 3.63) is 23.2 Å². The molecule has 2 aliphatic rings. The molecule has 0 saturated carbocycles. The van der Waals surface area contributed by atoms with Crippen molar-refractivity contribution in [2.75, 3.05) is 13.1 Å². The monoisotopic (exact) mass is 238 g/mol. The quantitative estimate of drug-likeness (QED) is 0.783. The van der Waals surface area contributed by atoms with Crippen molar-refractivity contribution in [2.24, 2.45) is 0 Å². The van der Waals surface area contributed by atoms with Crippen molar-refractivity contribution in [3.63, 3.8) is 0 Å². The third-order valence-electron chi connectivity index (χ3n) is 3.57. The molecule has 1 N–H and O–H groups in total. The highest BCUT2D eigenvalue weighted by Gasteiger charge is 2.36. The lowest BCUT2D eigenvalue weighted by atomic mass is 10.2. The van der Waals surface area contributed by atoms with Gasteiger partial charge in [-0.1, -0.05) is 0 Å². The van der Waals surface area contributed by atoms with Crippen molar-refractivity contribution < 1.29 is 0 Å². The molecule has 0 radical (unpaired) electrons. The molecule has 2 unspecified atom stereocenters. The van der Waals surface area contributed by atoms with Crippen LogP contribution >= 0.6 is 11.6 Å². The molecule has 2 saturated heterocycles. The predicted octanol–water partition coefficient (Wildman–Crippen LogP) is 1.07. The van der Waals surface area contributed by atoms with Crippen LogP contribution in [0.2, 0.25) is 5.28 Å². The fourth-order valence-electron chi connectivity index (χ4n) is 2.76. The maximum absolute atomic E-state index is 5.68. The molecule has 16 heavy (non-hydrogen) atoms. The Morgan fingerprint density at radius 1 is 1.25 bits per heavy atom. The summed E-state index contributed by atoms with van der Waals surface area (Å²) in [6, 6.07) is 1.38. The number of piperazine rings is 1. The molecular formula is C11H15ClN4. The number of fused-ring (bicyclic) bond motifs is 2. The van der Waals surface area contributed by atoms with E-state index in [0.717, 1.165) is 25.2 Å². The number of rotatable bonds is 2. The van der Waals surface area contributed by atoms with Gasteiger partial charge >= 0.3 is 0 Å². The highest BCUT2D eigenvalue weighted by Crippen LogP contribution is 2.27. The molecular weight excluding hydrogens is 224 g/mol. The summed E-state index contributed by atoms with van der Waals surface area (Å²) < 4.78 is 0. The third-order valence-corrected chi connectivity index (χ3v) is 3.77. The Morgan fingerprint density at radius 2 is 1.88 bits per heavy atom. The zero-order chi connectivity index (χ0) is 11.0. The number of nitrogens with zero attached hydrogens (tertiary/aromatic N) is 3. The molecule has 3 rings (SSSR count).